The van der Waals surface area contributed by atoms with Crippen molar-refractivity contribution < 1.29 is 0 Å². The van der Waals surface area contributed by atoms with Gasteiger partial charge < -0.3 is 11.1 Å². The standard InChI is InChI=1S/C9H18N4/c1-8(7-10)11-5-3-9-4-6-13(2)12-9/h4,6,8,11H,3,5,7,10H2,1-2H3. The normalized spacial score (nSPS) is 13.2. The maximum atomic E-state index is 5.47. The predicted molar refractivity (Wildman–Crippen MR) is 53.4 cm³/mol. The predicted octanol–water partition coefficient (Wildman–Crippen LogP) is -0.101. The van der Waals surface area contributed by atoms with Gasteiger partial charge >= 0.3 is 0 Å². The molecule has 3 N–H and O–H groups in total. The first-order chi connectivity index (χ1) is 6.22. The fourth-order valence-corrected chi connectivity index (χ4v) is 1.13. The Kier molecular flexibility index (Phi) is 3.92. The van der Waals surface area contributed by atoms with Crippen LogP contribution in [0.3, 0.4) is 0 Å². The molecule has 0 fully saturated rings. The van der Waals surface area contributed by atoms with Gasteiger partial charge in [0.05, 0.1) is 5.69 Å². The van der Waals surface area contributed by atoms with Gasteiger partial charge in [0.1, 0.15) is 0 Å². The highest BCUT2D eigenvalue weighted by molar-refractivity contribution is 4.98. The van der Waals surface area contributed by atoms with Crippen molar-refractivity contribution in [1.29, 1.82) is 0 Å². The summed E-state index contributed by atoms with van der Waals surface area (Å²) < 4.78 is 1.82. The lowest BCUT2D eigenvalue weighted by Crippen LogP contribution is -2.34. The van der Waals surface area contributed by atoms with Gasteiger partial charge in [-0.3, -0.25) is 4.68 Å². The van der Waals surface area contributed by atoms with Crippen molar-refractivity contribution in [3.8, 4) is 0 Å². The number of nitrogens with zero attached hydrogens (tertiary/aromatic N) is 2. The molecule has 0 aliphatic carbocycles. The zero-order valence-electron chi connectivity index (χ0n) is 8.33. The number of nitrogens with one attached hydrogen (secondary N) is 1. The zero-order chi connectivity index (χ0) is 9.68. The molecule has 0 spiro atoms. The first-order valence-corrected chi connectivity index (χ1v) is 4.64. The molecule has 1 aromatic heterocycles. The summed E-state index contributed by atoms with van der Waals surface area (Å²) in [6, 6.07) is 2.43. The number of hydrogen-bond acceptors (Lipinski definition) is 3. The average Bonchev–Trinajstić information content (AvgIpc) is 2.51. The molecule has 0 saturated carbocycles. The van der Waals surface area contributed by atoms with Gasteiger partial charge in [-0.1, -0.05) is 0 Å². The number of hydrogen-bond donors (Lipinski definition) is 2. The van der Waals surface area contributed by atoms with Crippen LogP contribution in [-0.2, 0) is 13.5 Å². The second kappa shape index (κ2) is 4.99. The number of aromatic nitrogens is 2. The topological polar surface area (TPSA) is 55.9 Å². The smallest absolute Gasteiger partial charge is 0.0637 e. The van der Waals surface area contributed by atoms with E-state index in [-0.39, 0.29) is 0 Å². The van der Waals surface area contributed by atoms with Crippen LogP contribution in [0.2, 0.25) is 0 Å². The van der Waals surface area contributed by atoms with E-state index in [4.69, 9.17) is 5.73 Å². The van der Waals surface area contributed by atoms with Gasteiger partial charge in [-0.15, -0.1) is 0 Å². The molecule has 0 aromatic carbocycles. The Morgan fingerprint density at radius 3 is 3.00 bits per heavy atom. The second-order valence-corrected chi connectivity index (χ2v) is 3.32. The summed E-state index contributed by atoms with van der Waals surface area (Å²) in [4.78, 5) is 0. The molecule has 1 aromatic rings. The molecule has 0 aliphatic rings. The molecule has 1 unspecified atom stereocenters. The van der Waals surface area contributed by atoms with Crippen molar-refractivity contribution in [1.82, 2.24) is 15.1 Å². The fraction of sp³-hybridized carbons (Fsp3) is 0.667. The van der Waals surface area contributed by atoms with E-state index in [1.165, 1.54) is 0 Å². The average molecular weight is 182 g/mol. The van der Waals surface area contributed by atoms with Crippen molar-refractivity contribution in [2.75, 3.05) is 13.1 Å². The third-order valence-electron chi connectivity index (χ3n) is 2.00. The van der Waals surface area contributed by atoms with Gasteiger partial charge in [0.15, 0.2) is 0 Å². The monoisotopic (exact) mass is 182 g/mol. The Hall–Kier alpha value is -0.870. The Balaban J connectivity index is 2.20. The minimum Gasteiger partial charge on any atom is -0.329 e. The molecule has 1 heterocycles. The molecule has 74 valence electrons. The Morgan fingerprint density at radius 1 is 1.69 bits per heavy atom. The van der Waals surface area contributed by atoms with Crippen LogP contribution in [0.1, 0.15) is 12.6 Å². The summed E-state index contributed by atoms with van der Waals surface area (Å²) in [6.07, 6.45) is 2.92. The molecular weight excluding hydrogens is 164 g/mol. The van der Waals surface area contributed by atoms with E-state index in [2.05, 4.69) is 17.3 Å². The summed E-state index contributed by atoms with van der Waals surface area (Å²) in [5.41, 5.74) is 6.60. The van der Waals surface area contributed by atoms with Crippen molar-refractivity contribution in [2.45, 2.75) is 19.4 Å². The van der Waals surface area contributed by atoms with Crippen LogP contribution in [0, 0.1) is 0 Å². The van der Waals surface area contributed by atoms with E-state index in [0.29, 0.717) is 12.6 Å². The van der Waals surface area contributed by atoms with E-state index in [1.807, 2.05) is 24.0 Å². The summed E-state index contributed by atoms with van der Waals surface area (Å²) in [5, 5.41) is 7.59. The van der Waals surface area contributed by atoms with Crippen molar-refractivity contribution >= 4 is 0 Å². The zero-order valence-corrected chi connectivity index (χ0v) is 8.33. The van der Waals surface area contributed by atoms with E-state index >= 15 is 0 Å². The molecule has 4 heteroatoms. The van der Waals surface area contributed by atoms with Crippen LogP contribution in [-0.4, -0.2) is 28.9 Å². The number of aryl methyl sites for hydroxylation is 1. The molecule has 1 rings (SSSR count). The maximum Gasteiger partial charge on any atom is 0.0637 e. The summed E-state index contributed by atoms with van der Waals surface area (Å²) in [6.45, 7) is 3.70. The highest BCUT2D eigenvalue weighted by Crippen LogP contribution is 1.94. The number of nitrogens with two attached hydrogens (primary N) is 1. The first kappa shape index (κ1) is 10.2. The van der Waals surface area contributed by atoms with Crippen molar-refractivity contribution in [2.24, 2.45) is 12.8 Å². The fourth-order valence-electron chi connectivity index (χ4n) is 1.13. The molecule has 13 heavy (non-hydrogen) atoms. The molecule has 0 amide bonds. The molecule has 1 atom stereocenters. The van der Waals surface area contributed by atoms with E-state index < -0.39 is 0 Å². The van der Waals surface area contributed by atoms with E-state index in [1.54, 1.807) is 0 Å². The highest BCUT2D eigenvalue weighted by atomic mass is 15.2. The second-order valence-electron chi connectivity index (χ2n) is 3.32. The first-order valence-electron chi connectivity index (χ1n) is 4.64. The minimum absolute atomic E-state index is 0.392. The van der Waals surface area contributed by atoms with Crippen LogP contribution in [0.4, 0.5) is 0 Å². The van der Waals surface area contributed by atoms with Gasteiger partial charge in [-0.2, -0.15) is 5.10 Å². The minimum atomic E-state index is 0.392. The molecule has 0 saturated heterocycles. The van der Waals surface area contributed by atoms with Gasteiger partial charge in [0, 0.05) is 38.8 Å². The van der Waals surface area contributed by atoms with Crippen molar-refractivity contribution in [3.05, 3.63) is 18.0 Å². The van der Waals surface area contributed by atoms with Gasteiger partial charge in [-0.05, 0) is 13.0 Å². The number of rotatable bonds is 5. The molecule has 0 bridgehead atoms. The van der Waals surface area contributed by atoms with Crippen molar-refractivity contribution in [3.63, 3.8) is 0 Å². The van der Waals surface area contributed by atoms with Crippen LogP contribution < -0.4 is 11.1 Å². The van der Waals surface area contributed by atoms with Gasteiger partial charge in [-0.25, -0.2) is 0 Å². The van der Waals surface area contributed by atoms with E-state index in [9.17, 15) is 0 Å². The molecule has 0 aliphatic heterocycles. The molecular formula is C9H18N4. The lowest BCUT2D eigenvalue weighted by Gasteiger charge is -2.09. The van der Waals surface area contributed by atoms with Gasteiger partial charge in [0.2, 0.25) is 0 Å². The lowest BCUT2D eigenvalue weighted by molar-refractivity contribution is 0.554. The third kappa shape index (κ3) is 3.57. The van der Waals surface area contributed by atoms with Crippen LogP contribution in [0.5, 0.6) is 0 Å². The SMILES string of the molecule is CC(CN)NCCc1ccn(C)n1. The molecule has 4 nitrogen and oxygen atoms in total. The quantitative estimate of drug-likeness (QED) is 0.668. The summed E-state index contributed by atoms with van der Waals surface area (Å²) in [5.74, 6) is 0. The highest BCUT2D eigenvalue weighted by Gasteiger charge is 1.99. The van der Waals surface area contributed by atoms with E-state index in [0.717, 1.165) is 18.7 Å². The summed E-state index contributed by atoms with van der Waals surface area (Å²) >= 11 is 0. The Morgan fingerprint density at radius 2 is 2.46 bits per heavy atom. The Bertz CT molecular complexity index is 244. The summed E-state index contributed by atoms with van der Waals surface area (Å²) in [7, 11) is 1.93. The largest absolute Gasteiger partial charge is 0.329 e. The maximum absolute atomic E-state index is 5.47. The van der Waals surface area contributed by atoms with Crippen LogP contribution in [0.25, 0.3) is 0 Å². The van der Waals surface area contributed by atoms with Gasteiger partial charge in [0.25, 0.3) is 0 Å². The molecule has 0 radical (unpaired) electrons. The third-order valence-corrected chi connectivity index (χ3v) is 2.00. The lowest BCUT2D eigenvalue weighted by atomic mass is 10.3. The van der Waals surface area contributed by atoms with Crippen LogP contribution in [0.15, 0.2) is 12.3 Å². The van der Waals surface area contributed by atoms with Crippen LogP contribution >= 0.6 is 0 Å². The Labute approximate surface area is 79.1 Å².